The lowest BCUT2D eigenvalue weighted by Gasteiger charge is -2.30. The highest BCUT2D eigenvalue weighted by molar-refractivity contribution is 5.08. The monoisotopic (exact) mass is 194 g/mol. The second-order valence-corrected chi connectivity index (χ2v) is 4.07. The van der Waals surface area contributed by atoms with Crippen molar-refractivity contribution in [2.75, 3.05) is 7.05 Å². The molecule has 78 valence electrons. The smallest absolute Gasteiger partial charge is 0.0728 e. The van der Waals surface area contributed by atoms with Crippen molar-refractivity contribution in [1.29, 1.82) is 0 Å². The van der Waals surface area contributed by atoms with Crippen molar-refractivity contribution in [1.82, 2.24) is 20.3 Å². The lowest BCUT2D eigenvalue weighted by Crippen LogP contribution is -2.35. The van der Waals surface area contributed by atoms with Crippen molar-refractivity contribution in [2.24, 2.45) is 7.05 Å². The first-order valence-corrected chi connectivity index (χ1v) is 5.34. The van der Waals surface area contributed by atoms with Crippen molar-refractivity contribution in [3.8, 4) is 0 Å². The molecule has 2 rings (SSSR count). The molecule has 0 amide bonds. The molecule has 4 nitrogen and oxygen atoms in total. The molecule has 2 atom stereocenters. The zero-order chi connectivity index (χ0) is 9.97. The molecule has 14 heavy (non-hydrogen) atoms. The summed E-state index contributed by atoms with van der Waals surface area (Å²) in [5.74, 6) is 0.591. The summed E-state index contributed by atoms with van der Waals surface area (Å²) in [6.07, 6.45) is 7.10. The van der Waals surface area contributed by atoms with Gasteiger partial charge in [-0.3, -0.25) is 4.68 Å². The lowest BCUT2D eigenvalue weighted by atomic mass is 9.82. The average molecular weight is 194 g/mol. The van der Waals surface area contributed by atoms with Crippen LogP contribution in [0.5, 0.6) is 0 Å². The van der Waals surface area contributed by atoms with Crippen molar-refractivity contribution < 1.29 is 0 Å². The van der Waals surface area contributed by atoms with Crippen molar-refractivity contribution >= 4 is 0 Å². The van der Waals surface area contributed by atoms with E-state index in [1.54, 1.807) is 0 Å². The standard InChI is InChI=1S/C10H18N4/c1-11-9-6-4-3-5-8(9)10-7-12-13-14(10)2/h7-9,11H,3-6H2,1-2H3. The number of aromatic nitrogens is 3. The summed E-state index contributed by atoms with van der Waals surface area (Å²) in [7, 11) is 4.02. The molecule has 1 fully saturated rings. The number of hydrogen-bond acceptors (Lipinski definition) is 3. The van der Waals surface area contributed by atoms with Crippen LogP contribution in [-0.4, -0.2) is 28.1 Å². The Morgan fingerprint density at radius 1 is 1.43 bits per heavy atom. The molecule has 0 bridgehead atoms. The van der Waals surface area contributed by atoms with Crippen LogP contribution in [0.1, 0.15) is 37.3 Å². The first-order valence-electron chi connectivity index (χ1n) is 5.34. The predicted octanol–water partition coefficient (Wildman–Crippen LogP) is 1.06. The highest BCUT2D eigenvalue weighted by Gasteiger charge is 2.27. The molecule has 0 spiro atoms. The van der Waals surface area contributed by atoms with Crippen LogP contribution in [0.3, 0.4) is 0 Å². The summed E-state index contributed by atoms with van der Waals surface area (Å²) in [6, 6.07) is 0.598. The van der Waals surface area contributed by atoms with E-state index in [4.69, 9.17) is 0 Å². The molecule has 0 aromatic carbocycles. The third-order valence-electron chi connectivity index (χ3n) is 3.27. The van der Waals surface area contributed by atoms with Gasteiger partial charge in [-0.15, -0.1) is 5.10 Å². The van der Waals surface area contributed by atoms with E-state index >= 15 is 0 Å². The van der Waals surface area contributed by atoms with Crippen LogP contribution in [-0.2, 0) is 7.05 Å². The zero-order valence-corrected chi connectivity index (χ0v) is 8.90. The van der Waals surface area contributed by atoms with Crippen LogP contribution in [0.25, 0.3) is 0 Å². The van der Waals surface area contributed by atoms with E-state index in [1.165, 1.54) is 31.4 Å². The van der Waals surface area contributed by atoms with Crippen molar-refractivity contribution in [3.05, 3.63) is 11.9 Å². The number of nitrogens with one attached hydrogen (secondary N) is 1. The van der Waals surface area contributed by atoms with Crippen LogP contribution < -0.4 is 5.32 Å². The van der Waals surface area contributed by atoms with Gasteiger partial charge in [-0.25, -0.2) is 0 Å². The second-order valence-electron chi connectivity index (χ2n) is 4.07. The van der Waals surface area contributed by atoms with Gasteiger partial charge in [0.2, 0.25) is 0 Å². The van der Waals surface area contributed by atoms with E-state index in [0.29, 0.717) is 12.0 Å². The van der Waals surface area contributed by atoms with Crippen molar-refractivity contribution in [2.45, 2.75) is 37.6 Å². The van der Waals surface area contributed by atoms with Gasteiger partial charge in [0.05, 0.1) is 11.9 Å². The quantitative estimate of drug-likeness (QED) is 0.765. The average Bonchev–Trinajstić information content (AvgIpc) is 2.64. The molecular formula is C10H18N4. The van der Waals surface area contributed by atoms with Crippen LogP contribution in [0.4, 0.5) is 0 Å². The Hall–Kier alpha value is -0.900. The summed E-state index contributed by atoms with van der Waals surface area (Å²) < 4.78 is 1.90. The maximum Gasteiger partial charge on any atom is 0.0728 e. The van der Waals surface area contributed by atoms with Crippen LogP contribution in [0.2, 0.25) is 0 Å². The van der Waals surface area contributed by atoms with Crippen LogP contribution in [0, 0.1) is 0 Å². The fourth-order valence-corrected chi connectivity index (χ4v) is 2.46. The fraction of sp³-hybridized carbons (Fsp3) is 0.800. The number of likely N-dealkylation sites (N-methyl/N-ethyl adjacent to an activating group) is 1. The minimum absolute atomic E-state index is 0.591. The number of nitrogens with zero attached hydrogens (tertiary/aromatic N) is 3. The second kappa shape index (κ2) is 4.09. The van der Waals surface area contributed by atoms with Gasteiger partial charge in [-0.2, -0.15) is 0 Å². The molecular weight excluding hydrogens is 176 g/mol. The molecule has 1 aliphatic carbocycles. The Morgan fingerprint density at radius 3 is 2.86 bits per heavy atom. The highest BCUT2D eigenvalue weighted by Crippen LogP contribution is 2.31. The molecule has 0 radical (unpaired) electrons. The van der Waals surface area contributed by atoms with Gasteiger partial charge in [0, 0.05) is 19.0 Å². The first-order chi connectivity index (χ1) is 6.83. The van der Waals surface area contributed by atoms with E-state index in [2.05, 4.69) is 15.6 Å². The SMILES string of the molecule is CNC1CCCCC1c1cnnn1C. The molecule has 1 saturated carbocycles. The highest BCUT2D eigenvalue weighted by atomic mass is 15.4. The normalized spacial score (nSPS) is 27.9. The molecule has 1 aromatic heterocycles. The van der Waals surface area contributed by atoms with Crippen LogP contribution >= 0.6 is 0 Å². The van der Waals surface area contributed by atoms with E-state index in [9.17, 15) is 0 Å². The minimum atomic E-state index is 0.591. The summed E-state index contributed by atoms with van der Waals surface area (Å²) in [5, 5.41) is 11.4. The van der Waals surface area contributed by atoms with Gasteiger partial charge in [0.1, 0.15) is 0 Å². The Morgan fingerprint density at radius 2 is 2.21 bits per heavy atom. The van der Waals surface area contributed by atoms with E-state index in [1.807, 2.05) is 25.0 Å². The largest absolute Gasteiger partial charge is 0.316 e. The van der Waals surface area contributed by atoms with Gasteiger partial charge >= 0.3 is 0 Å². The molecule has 1 aliphatic rings. The zero-order valence-electron chi connectivity index (χ0n) is 8.90. The first kappa shape index (κ1) is 9.65. The van der Waals surface area contributed by atoms with Gasteiger partial charge in [-0.05, 0) is 19.9 Å². The Balaban J connectivity index is 2.19. The molecule has 4 heteroatoms. The topological polar surface area (TPSA) is 42.7 Å². The van der Waals surface area contributed by atoms with Crippen molar-refractivity contribution in [3.63, 3.8) is 0 Å². The minimum Gasteiger partial charge on any atom is -0.316 e. The van der Waals surface area contributed by atoms with Gasteiger partial charge in [0.25, 0.3) is 0 Å². The Labute approximate surface area is 84.7 Å². The fourth-order valence-electron chi connectivity index (χ4n) is 2.46. The summed E-state index contributed by atoms with van der Waals surface area (Å²) in [6.45, 7) is 0. The predicted molar refractivity (Wildman–Crippen MR) is 55.1 cm³/mol. The number of hydrogen-bond donors (Lipinski definition) is 1. The van der Waals surface area contributed by atoms with E-state index in [-0.39, 0.29) is 0 Å². The Kier molecular flexibility index (Phi) is 2.82. The third kappa shape index (κ3) is 1.66. The number of aryl methyl sites for hydroxylation is 1. The maximum absolute atomic E-state index is 4.00. The molecule has 2 unspecified atom stereocenters. The van der Waals surface area contributed by atoms with E-state index < -0.39 is 0 Å². The number of rotatable bonds is 2. The molecule has 1 N–H and O–H groups in total. The summed E-state index contributed by atoms with van der Waals surface area (Å²) in [4.78, 5) is 0. The third-order valence-corrected chi connectivity index (χ3v) is 3.27. The molecule has 0 aliphatic heterocycles. The van der Waals surface area contributed by atoms with Gasteiger partial charge in [0.15, 0.2) is 0 Å². The van der Waals surface area contributed by atoms with Crippen LogP contribution in [0.15, 0.2) is 6.20 Å². The molecule has 0 saturated heterocycles. The maximum atomic E-state index is 4.00. The van der Waals surface area contributed by atoms with Gasteiger partial charge in [-0.1, -0.05) is 18.1 Å². The molecule has 1 heterocycles. The Bertz CT molecular complexity index is 294. The van der Waals surface area contributed by atoms with Gasteiger partial charge < -0.3 is 5.32 Å². The summed E-state index contributed by atoms with van der Waals surface area (Å²) in [5.41, 5.74) is 1.27. The lowest BCUT2D eigenvalue weighted by molar-refractivity contribution is 0.332. The van der Waals surface area contributed by atoms with E-state index in [0.717, 1.165) is 0 Å². The summed E-state index contributed by atoms with van der Waals surface area (Å²) >= 11 is 0. The molecule has 1 aromatic rings.